The fourth-order valence-corrected chi connectivity index (χ4v) is 2.90. The smallest absolute Gasteiger partial charge is 0.119 e. The van der Waals surface area contributed by atoms with E-state index in [4.69, 9.17) is 4.74 Å². The van der Waals surface area contributed by atoms with Gasteiger partial charge in [-0.1, -0.05) is 92.1 Å². The van der Waals surface area contributed by atoms with E-state index in [0.29, 0.717) is 0 Å². The Hall–Kier alpha value is -0.760. The zero-order valence-electron chi connectivity index (χ0n) is 13.9. The van der Waals surface area contributed by atoms with Gasteiger partial charge in [0.15, 0.2) is 0 Å². The van der Waals surface area contributed by atoms with Gasteiger partial charge in [-0.3, -0.25) is 0 Å². The molecule has 2 heteroatoms. The van der Waals surface area contributed by atoms with Crippen molar-refractivity contribution < 1.29 is 4.74 Å². The van der Waals surface area contributed by atoms with E-state index in [1.54, 1.807) is 0 Å². The molecule has 0 aliphatic rings. The minimum atomic E-state index is 0.833. The number of hydrogen-bond acceptors (Lipinski definition) is 1. The molecule has 0 spiro atoms. The van der Waals surface area contributed by atoms with Crippen LogP contribution in [0.4, 0.5) is 0 Å². The van der Waals surface area contributed by atoms with Crippen molar-refractivity contribution in [1.29, 1.82) is 0 Å². The Labute approximate surface area is 145 Å². The molecule has 124 valence electrons. The first kappa shape index (κ1) is 19.3. The number of rotatable bonds is 14. The fourth-order valence-electron chi connectivity index (χ4n) is 2.50. The molecule has 0 radical (unpaired) electrons. The van der Waals surface area contributed by atoms with E-state index in [9.17, 15) is 0 Å². The molecule has 0 saturated carbocycles. The molecule has 0 heterocycles. The molecule has 0 aliphatic carbocycles. The van der Waals surface area contributed by atoms with Gasteiger partial charge in [-0.15, -0.1) is 0 Å². The Kier molecular flexibility index (Phi) is 12.2. The molecule has 0 unspecified atom stereocenters. The van der Waals surface area contributed by atoms with Crippen molar-refractivity contribution in [3.8, 4) is 5.75 Å². The third-order valence-electron chi connectivity index (χ3n) is 3.91. The molecule has 0 saturated heterocycles. The monoisotopic (exact) mass is 366 g/mol. The molecule has 1 nitrogen and oxygen atoms in total. The maximum atomic E-state index is 5.75. The highest BCUT2D eigenvalue weighted by Gasteiger charge is 1.95. The van der Waals surface area contributed by atoms with Gasteiger partial charge < -0.3 is 4.74 Å². The van der Waals surface area contributed by atoms with Gasteiger partial charge in [0.1, 0.15) is 5.75 Å². The predicted octanol–water partition coefficient (Wildman–Crippen LogP) is 7.00. The first-order chi connectivity index (χ1) is 10.9. The average molecular weight is 367 g/mol. The van der Waals surface area contributed by atoms with Crippen molar-refractivity contribution in [1.82, 2.24) is 0 Å². The summed E-state index contributed by atoms with van der Waals surface area (Å²) in [5.41, 5.74) is 1.14. The summed E-state index contributed by atoms with van der Waals surface area (Å²) in [6.45, 7) is 4.59. The Morgan fingerprint density at radius 2 is 1.27 bits per heavy atom. The zero-order chi connectivity index (χ0) is 15.9. The van der Waals surface area contributed by atoms with E-state index in [-0.39, 0.29) is 0 Å². The van der Waals surface area contributed by atoms with Crippen molar-refractivity contribution in [3.05, 3.63) is 36.4 Å². The van der Waals surface area contributed by atoms with Crippen LogP contribution in [0.2, 0.25) is 0 Å². The van der Waals surface area contributed by atoms with Crippen molar-refractivity contribution in [2.45, 2.75) is 64.2 Å². The largest absolute Gasteiger partial charge is 0.494 e. The fraction of sp³-hybridized carbons (Fsp3) is 0.600. The van der Waals surface area contributed by atoms with Crippen molar-refractivity contribution in [2.75, 3.05) is 11.9 Å². The standard InChI is InChI=1S/C20H31BrO/c1-2-19-13-15-20(16-14-19)22-18-12-10-8-6-4-3-5-7-9-11-17-21/h2,13-16H,1,3-12,17-18H2. The van der Waals surface area contributed by atoms with Crippen LogP contribution in [-0.4, -0.2) is 11.9 Å². The Morgan fingerprint density at radius 1 is 0.773 bits per heavy atom. The van der Waals surface area contributed by atoms with Gasteiger partial charge in [-0.05, 0) is 30.5 Å². The highest BCUT2D eigenvalue weighted by Crippen LogP contribution is 2.14. The first-order valence-corrected chi connectivity index (χ1v) is 9.90. The normalized spacial score (nSPS) is 10.6. The maximum absolute atomic E-state index is 5.75. The third-order valence-corrected chi connectivity index (χ3v) is 4.47. The number of alkyl halides is 1. The molecule has 0 aromatic heterocycles. The van der Waals surface area contributed by atoms with E-state index in [1.165, 1.54) is 57.8 Å². The Bertz CT molecular complexity index is 372. The molecule has 22 heavy (non-hydrogen) atoms. The summed E-state index contributed by atoms with van der Waals surface area (Å²) in [4.78, 5) is 0. The van der Waals surface area contributed by atoms with Crippen LogP contribution in [0, 0.1) is 0 Å². The van der Waals surface area contributed by atoms with E-state index in [2.05, 4.69) is 22.5 Å². The Morgan fingerprint density at radius 3 is 1.77 bits per heavy atom. The summed E-state index contributed by atoms with van der Waals surface area (Å²) >= 11 is 3.48. The molecule has 0 N–H and O–H groups in total. The van der Waals surface area contributed by atoms with Crippen LogP contribution >= 0.6 is 15.9 Å². The highest BCUT2D eigenvalue weighted by molar-refractivity contribution is 9.09. The van der Waals surface area contributed by atoms with E-state index >= 15 is 0 Å². The second kappa shape index (κ2) is 13.9. The van der Waals surface area contributed by atoms with Crippen LogP contribution in [0.25, 0.3) is 6.08 Å². The van der Waals surface area contributed by atoms with Gasteiger partial charge in [-0.25, -0.2) is 0 Å². The van der Waals surface area contributed by atoms with Crippen LogP contribution in [0.3, 0.4) is 0 Å². The molecular formula is C20H31BrO. The average Bonchev–Trinajstić information content (AvgIpc) is 2.56. The van der Waals surface area contributed by atoms with Gasteiger partial charge in [0, 0.05) is 5.33 Å². The van der Waals surface area contributed by atoms with Crippen LogP contribution < -0.4 is 4.74 Å². The number of unbranched alkanes of at least 4 members (excludes halogenated alkanes) is 9. The predicted molar refractivity (Wildman–Crippen MR) is 102 cm³/mol. The van der Waals surface area contributed by atoms with Gasteiger partial charge >= 0.3 is 0 Å². The van der Waals surface area contributed by atoms with Crippen LogP contribution in [0.5, 0.6) is 5.75 Å². The quantitative estimate of drug-likeness (QED) is 0.254. The second-order valence-electron chi connectivity index (χ2n) is 5.85. The van der Waals surface area contributed by atoms with Crippen LogP contribution in [0.1, 0.15) is 69.8 Å². The van der Waals surface area contributed by atoms with E-state index in [0.717, 1.165) is 29.7 Å². The summed E-state index contributed by atoms with van der Waals surface area (Å²) < 4.78 is 5.75. The summed E-state index contributed by atoms with van der Waals surface area (Å²) in [7, 11) is 0. The molecule has 0 atom stereocenters. The molecule has 0 bridgehead atoms. The third kappa shape index (κ3) is 10.0. The van der Waals surface area contributed by atoms with Crippen LogP contribution in [-0.2, 0) is 0 Å². The number of hydrogen-bond donors (Lipinski definition) is 0. The van der Waals surface area contributed by atoms with E-state index in [1.807, 2.05) is 30.3 Å². The lowest BCUT2D eigenvalue weighted by Gasteiger charge is -2.06. The molecular weight excluding hydrogens is 336 g/mol. The summed E-state index contributed by atoms with van der Waals surface area (Å²) in [5.74, 6) is 0.967. The van der Waals surface area contributed by atoms with Crippen LogP contribution in [0.15, 0.2) is 30.8 Å². The molecule has 1 rings (SSSR count). The van der Waals surface area contributed by atoms with Gasteiger partial charge in [0.05, 0.1) is 6.61 Å². The zero-order valence-corrected chi connectivity index (χ0v) is 15.5. The summed E-state index contributed by atoms with van der Waals surface area (Å²) in [5, 5.41) is 1.16. The lowest BCUT2D eigenvalue weighted by Crippen LogP contribution is -1.97. The van der Waals surface area contributed by atoms with Crippen molar-refractivity contribution in [3.63, 3.8) is 0 Å². The van der Waals surface area contributed by atoms with Gasteiger partial charge in [0.2, 0.25) is 0 Å². The topological polar surface area (TPSA) is 9.23 Å². The molecule has 0 aliphatic heterocycles. The second-order valence-corrected chi connectivity index (χ2v) is 6.64. The van der Waals surface area contributed by atoms with Crippen molar-refractivity contribution in [2.24, 2.45) is 0 Å². The number of benzene rings is 1. The number of ether oxygens (including phenoxy) is 1. The Balaban J connectivity index is 1.86. The molecule has 0 fully saturated rings. The van der Waals surface area contributed by atoms with E-state index < -0.39 is 0 Å². The van der Waals surface area contributed by atoms with Crippen molar-refractivity contribution >= 4 is 22.0 Å². The summed E-state index contributed by atoms with van der Waals surface area (Å²) in [6, 6.07) is 8.12. The highest BCUT2D eigenvalue weighted by atomic mass is 79.9. The summed E-state index contributed by atoms with van der Waals surface area (Å²) in [6.07, 6.45) is 15.4. The minimum absolute atomic E-state index is 0.833. The lowest BCUT2D eigenvalue weighted by atomic mass is 10.1. The minimum Gasteiger partial charge on any atom is -0.494 e. The van der Waals surface area contributed by atoms with Gasteiger partial charge in [0.25, 0.3) is 0 Å². The first-order valence-electron chi connectivity index (χ1n) is 8.78. The number of halogens is 1. The maximum Gasteiger partial charge on any atom is 0.119 e. The lowest BCUT2D eigenvalue weighted by molar-refractivity contribution is 0.304. The SMILES string of the molecule is C=Cc1ccc(OCCCCCCCCCCCCBr)cc1. The van der Waals surface area contributed by atoms with Gasteiger partial charge in [-0.2, -0.15) is 0 Å². The molecule has 0 amide bonds. The molecule has 1 aromatic carbocycles. The molecule has 1 aromatic rings.